The number of hydrogen-bond donors (Lipinski definition) is 1. The van der Waals surface area contributed by atoms with Gasteiger partial charge in [0, 0.05) is 24.3 Å². The van der Waals surface area contributed by atoms with E-state index in [0.717, 1.165) is 17.5 Å². The van der Waals surface area contributed by atoms with Gasteiger partial charge in [0.15, 0.2) is 5.75 Å². The molecule has 0 saturated heterocycles. The number of nitrogen functional groups attached to an aromatic ring is 1. The van der Waals surface area contributed by atoms with Gasteiger partial charge in [-0.15, -0.1) is 0 Å². The maximum absolute atomic E-state index is 12.9. The van der Waals surface area contributed by atoms with Crippen molar-refractivity contribution in [3.63, 3.8) is 0 Å². The number of fused-ring (bicyclic) bond motifs is 1. The van der Waals surface area contributed by atoms with Crippen molar-refractivity contribution in [2.24, 2.45) is 0 Å². The van der Waals surface area contributed by atoms with Crippen LogP contribution in [0.3, 0.4) is 0 Å². The lowest BCUT2D eigenvalue weighted by Crippen LogP contribution is -2.37. The molecule has 3 aromatic carbocycles. The number of nitrogens with two attached hydrogens (primary N) is 1. The highest BCUT2D eigenvalue weighted by atomic mass is 35.5. The predicted octanol–water partition coefficient (Wildman–Crippen LogP) is 5.57. The number of nitrogens with zero attached hydrogens (tertiary/aromatic N) is 1. The molecule has 0 unspecified atom stereocenters. The van der Waals surface area contributed by atoms with Crippen LogP contribution in [0.25, 0.3) is 0 Å². The summed E-state index contributed by atoms with van der Waals surface area (Å²) >= 11 is 12.4. The van der Waals surface area contributed by atoms with Crippen LogP contribution >= 0.6 is 23.2 Å². The molecule has 0 fully saturated rings. The lowest BCUT2D eigenvalue weighted by atomic mass is 9.98. The molecular weight excluding hydrogens is 395 g/mol. The van der Waals surface area contributed by atoms with E-state index in [-0.39, 0.29) is 5.91 Å². The number of amides is 1. The molecule has 0 saturated carbocycles. The van der Waals surface area contributed by atoms with Gasteiger partial charge in [0.25, 0.3) is 5.91 Å². The maximum atomic E-state index is 12.9. The highest BCUT2D eigenvalue weighted by Gasteiger charge is 2.25. The predicted molar refractivity (Wildman–Crippen MR) is 112 cm³/mol. The first kappa shape index (κ1) is 18.7. The van der Waals surface area contributed by atoms with Crippen LogP contribution in [0.1, 0.15) is 21.5 Å². The molecule has 4 nitrogen and oxygen atoms in total. The topological polar surface area (TPSA) is 55.6 Å². The highest BCUT2D eigenvalue weighted by Crippen LogP contribution is 2.38. The summed E-state index contributed by atoms with van der Waals surface area (Å²) in [4.78, 5) is 14.7. The van der Waals surface area contributed by atoms with E-state index in [2.05, 4.69) is 0 Å². The van der Waals surface area contributed by atoms with Crippen LogP contribution in [0.2, 0.25) is 10.0 Å². The molecule has 1 amide bonds. The molecule has 1 aliphatic heterocycles. The Labute approximate surface area is 173 Å². The Bertz CT molecular complexity index is 1010. The second kappa shape index (κ2) is 7.74. The third kappa shape index (κ3) is 3.79. The van der Waals surface area contributed by atoms with Gasteiger partial charge in [0.1, 0.15) is 5.75 Å². The van der Waals surface area contributed by atoms with Crippen molar-refractivity contribution >= 4 is 34.8 Å². The van der Waals surface area contributed by atoms with E-state index in [1.807, 2.05) is 41.3 Å². The third-order valence-corrected chi connectivity index (χ3v) is 5.26. The zero-order valence-corrected chi connectivity index (χ0v) is 16.5. The molecular formula is C22H18Cl2N2O2. The number of benzene rings is 3. The van der Waals surface area contributed by atoms with Crippen LogP contribution in [0, 0.1) is 0 Å². The van der Waals surface area contributed by atoms with E-state index in [4.69, 9.17) is 33.7 Å². The third-order valence-electron chi connectivity index (χ3n) is 4.70. The van der Waals surface area contributed by atoms with E-state index in [1.165, 1.54) is 0 Å². The van der Waals surface area contributed by atoms with Gasteiger partial charge in [-0.05, 0) is 47.9 Å². The van der Waals surface area contributed by atoms with Crippen LogP contribution in [-0.2, 0) is 13.0 Å². The SMILES string of the molecule is Nc1cc(Cl)c(Oc2ccc3c(c2)CCN(Cc2ccccc2)C3=O)c(Cl)c1. The van der Waals surface area contributed by atoms with Crippen molar-refractivity contribution in [3.05, 3.63) is 87.4 Å². The van der Waals surface area contributed by atoms with Gasteiger partial charge < -0.3 is 15.4 Å². The van der Waals surface area contributed by atoms with Gasteiger partial charge in [-0.2, -0.15) is 0 Å². The van der Waals surface area contributed by atoms with E-state index in [9.17, 15) is 4.79 Å². The molecule has 0 radical (unpaired) electrons. The van der Waals surface area contributed by atoms with Crippen LogP contribution in [-0.4, -0.2) is 17.4 Å². The maximum Gasteiger partial charge on any atom is 0.254 e. The monoisotopic (exact) mass is 412 g/mol. The van der Waals surface area contributed by atoms with Gasteiger partial charge in [-0.1, -0.05) is 53.5 Å². The Kier molecular flexibility index (Phi) is 5.16. The quantitative estimate of drug-likeness (QED) is 0.570. The average Bonchev–Trinajstić information content (AvgIpc) is 2.68. The number of rotatable bonds is 4. The van der Waals surface area contributed by atoms with Gasteiger partial charge in [0.2, 0.25) is 0 Å². The lowest BCUT2D eigenvalue weighted by Gasteiger charge is -2.29. The van der Waals surface area contributed by atoms with Gasteiger partial charge in [-0.3, -0.25) is 4.79 Å². The number of carbonyl (C=O) groups excluding carboxylic acids is 1. The zero-order chi connectivity index (χ0) is 19.7. The minimum atomic E-state index is 0.0280. The molecule has 2 N–H and O–H groups in total. The fourth-order valence-corrected chi connectivity index (χ4v) is 3.91. The summed E-state index contributed by atoms with van der Waals surface area (Å²) in [5.74, 6) is 0.960. The van der Waals surface area contributed by atoms with Crippen LogP contribution in [0.4, 0.5) is 5.69 Å². The van der Waals surface area contributed by atoms with Gasteiger partial charge in [-0.25, -0.2) is 0 Å². The molecule has 142 valence electrons. The molecule has 0 spiro atoms. The van der Waals surface area contributed by atoms with Crippen molar-refractivity contribution in [2.75, 3.05) is 12.3 Å². The molecule has 1 aliphatic rings. The lowest BCUT2D eigenvalue weighted by molar-refractivity contribution is 0.0727. The van der Waals surface area contributed by atoms with E-state index in [1.54, 1.807) is 24.3 Å². The Morgan fingerprint density at radius 1 is 1.00 bits per heavy atom. The summed E-state index contributed by atoms with van der Waals surface area (Å²) in [5, 5.41) is 0.681. The van der Waals surface area contributed by atoms with Gasteiger partial charge in [0.05, 0.1) is 10.0 Å². The molecule has 0 aromatic heterocycles. The second-order valence-electron chi connectivity index (χ2n) is 6.70. The smallest absolute Gasteiger partial charge is 0.254 e. The molecule has 0 aliphatic carbocycles. The Hall–Kier alpha value is -2.69. The molecule has 0 atom stereocenters. The molecule has 6 heteroatoms. The second-order valence-corrected chi connectivity index (χ2v) is 7.51. The summed E-state index contributed by atoms with van der Waals surface area (Å²) in [6.45, 7) is 1.27. The normalized spacial score (nSPS) is 13.4. The summed E-state index contributed by atoms with van der Waals surface area (Å²) < 4.78 is 5.87. The molecule has 1 heterocycles. The van der Waals surface area contributed by atoms with Crippen molar-refractivity contribution < 1.29 is 9.53 Å². The summed E-state index contributed by atoms with van der Waals surface area (Å²) in [5.41, 5.74) is 8.97. The number of carbonyl (C=O) groups is 1. The fourth-order valence-electron chi connectivity index (χ4n) is 3.33. The van der Waals surface area contributed by atoms with Gasteiger partial charge >= 0.3 is 0 Å². The number of anilines is 1. The first-order valence-corrected chi connectivity index (χ1v) is 9.65. The Balaban J connectivity index is 1.55. The van der Waals surface area contributed by atoms with Crippen molar-refractivity contribution in [1.82, 2.24) is 4.90 Å². The number of ether oxygens (including phenoxy) is 1. The molecule has 28 heavy (non-hydrogen) atoms. The Morgan fingerprint density at radius 2 is 1.71 bits per heavy atom. The van der Waals surface area contributed by atoms with Crippen LogP contribution in [0.5, 0.6) is 11.5 Å². The zero-order valence-electron chi connectivity index (χ0n) is 15.0. The number of halogens is 2. The first-order valence-electron chi connectivity index (χ1n) is 8.90. The Morgan fingerprint density at radius 3 is 2.43 bits per heavy atom. The highest BCUT2D eigenvalue weighted by molar-refractivity contribution is 6.37. The van der Waals surface area contributed by atoms with Crippen LogP contribution in [0.15, 0.2) is 60.7 Å². The van der Waals surface area contributed by atoms with E-state index in [0.29, 0.717) is 45.9 Å². The molecule has 4 rings (SSSR count). The number of hydrogen-bond acceptors (Lipinski definition) is 3. The standard InChI is InChI=1S/C22H18Cl2N2O2/c23-19-11-16(25)12-20(24)21(19)28-17-6-7-18-15(10-17)8-9-26(22(18)27)13-14-4-2-1-3-5-14/h1-7,10-12H,8-9,13,25H2. The average molecular weight is 413 g/mol. The van der Waals surface area contributed by atoms with E-state index >= 15 is 0 Å². The summed E-state index contributed by atoms with van der Waals surface area (Å²) in [6.07, 6.45) is 0.758. The van der Waals surface area contributed by atoms with E-state index < -0.39 is 0 Å². The molecule has 3 aromatic rings. The van der Waals surface area contributed by atoms with Crippen molar-refractivity contribution in [3.8, 4) is 11.5 Å². The minimum Gasteiger partial charge on any atom is -0.454 e. The van der Waals surface area contributed by atoms with Crippen LogP contribution < -0.4 is 10.5 Å². The molecule has 0 bridgehead atoms. The minimum absolute atomic E-state index is 0.0280. The largest absolute Gasteiger partial charge is 0.454 e. The summed E-state index contributed by atoms with van der Waals surface area (Å²) in [7, 11) is 0. The fraction of sp³-hybridized carbons (Fsp3) is 0.136. The van der Waals surface area contributed by atoms with Crippen molar-refractivity contribution in [1.29, 1.82) is 0 Å². The first-order chi connectivity index (χ1) is 13.5. The van der Waals surface area contributed by atoms with Crippen molar-refractivity contribution in [2.45, 2.75) is 13.0 Å². The summed E-state index contributed by atoms with van der Waals surface area (Å²) in [6, 6.07) is 18.6.